The number of aliphatic hydroxyl groups is 1. The molecule has 0 amide bonds. The fourth-order valence-electron chi connectivity index (χ4n) is 6.89. The van der Waals surface area contributed by atoms with Crippen molar-refractivity contribution in [2.45, 2.75) is 95.5 Å². The van der Waals surface area contributed by atoms with Crippen LogP contribution in [0.3, 0.4) is 0 Å². The average molecular weight is 443 g/mol. The number of fused-ring (bicyclic) bond motifs is 3. The quantitative estimate of drug-likeness (QED) is 0.384. The van der Waals surface area contributed by atoms with E-state index in [1.807, 2.05) is 6.08 Å². The molecule has 2 saturated carbocycles. The third-order valence-corrected chi connectivity index (χ3v) is 9.57. The lowest BCUT2D eigenvalue weighted by Crippen LogP contribution is -2.71. The molecule has 0 spiro atoms. The van der Waals surface area contributed by atoms with E-state index < -0.39 is 11.7 Å². The minimum absolute atomic E-state index is 0.0160. The number of esters is 1. The minimum Gasteiger partial charge on any atom is -0.462 e. The first-order valence-corrected chi connectivity index (χ1v) is 11.0. The summed E-state index contributed by atoms with van der Waals surface area (Å²) in [4.78, 5) is 12.1. The second kappa shape index (κ2) is 6.56. The van der Waals surface area contributed by atoms with E-state index >= 15 is 0 Å². The van der Waals surface area contributed by atoms with Gasteiger partial charge < -0.3 is 14.6 Å². The van der Waals surface area contributed by atoms with E-state index in [9.17, 15) is 9.90 Å². The molecule has 1 aliphatic heterocycles. The number of rotatable bonds is 2. The highest BCUT2D eigenvalue weighted by molar-refractivity contribution is 9.09. The number of ether oxygens (including phenoxy) is 2. The highest BCUT2D eigenvalue weighted by atomic mass is 79.9. The number of hydrogen-bond acceptors (Lipinski definition) is 4. The Balaban J connectivity index is 2.11. The van der Waals surface area contributed by atoms with Gasteiger partial charge in [0.15, 0.2) is 0 Å². The van der Waals surface area contributed by atoms with Crippen LogP contribution in [0.4, 0.5) is 0 Å². The number of hydrogen-bond donors (Lipinski definition) is 1. The fourth-order valence-corrected chi connectivity index (χ4v) is 7.51. The normalized spacial score (nSPS) is 51.6. The van der Waals surface area contributed by atoms with Crippen molar-refractivity contribution in [1.82, 2.24) is 0 Å². The zero-order valence-electron chi connectivity index (χ0n) is 17.5. The molecule has 1 N–H and O–H groups in total. The molecule has 3 aliphatic rings. The second-order valence-corrected chi connectivity index (χ2v) is 11.4. The molecule has 4 nitrogen and oxygen atoms in total. The van der Waals surface area contributed by atoms with Gasteiger partial charge in [0, 0.05) is 29.5 Å². The van der Waals surface area contributed by atoms with Crippen LogP contribution in [0.15, 0.2) is 12.7 Å². The molecule has 0 aromatic heterocycles. The fraction of sp³-hybridized carbons (Fsp3) is 0.864. The van der Waals surface area contributed by atoms with Crippen molar-refractivity contribution in [2.75, 3.05) is 0 Å². The zero-order valence-corrected chi connectivity index (χ0v) is 19.1. The summed E-state index contributed by atoms with van der Waals surface area (Å²) < 4.78 is 12.5. The maximum absolute atomic E-state index is 11.9. The van der Waals surface area contributed by atoms with E-state index in [0.717, 1.165) is 19.3 Å². The molecule has 0 aromatic carbocycles. The molecule has 27 heavy (non-hydrogen) atoms. The van der Waals surface area contributed by atoms with Crippen molar-refractivity contribution in [3.63, 3.8) is 0 Å². The Kier molecular flexibility index (Phi) is 5.18. The molecule has 1 saturated heterocycles. The second-order valence-electron chi connectivity index (χ2n) is 10.3. The summed E-state index contributed by atoms with van der Waals surface area (Å²) >= 11 is 3.84. The Morgan fingerprint density at radius 1 is 1.30 bits per heavy atom. The monoisotopic (exact) mass is 442 g/mol. The number of aliphatic hydroxyl groups excluding tert-OH is 1. The number of carbonyl (C=O) groups excluding carboxylic acids is 1. The van der Waals surface area contributed by atoms with E-state index in [1.54, 1.807) is 0 Å². The zero-order chi connectivity index (χ0) is 20.4. The first kappa shape index (κ1) is 21.3. The van der Waals surface area contributed by atoms with Crippen molar-refractivity contribution in [1.29, 1.82) is 0 Å². The molecule has 0 bridgehead atoms. The lowest BCUT2D eigenvalue weighted by Gasteiger charge is -2.68. The van der Waals surface area contributed by atoms with Crippen molar-refractivity contribution in [3.8, 4) is 0 Å². The number of carbonyl (C=O) groups is 1. The van der Waals surface area contributed by atoms with Crippen molar-refractivity contribution < 1.29 is 19.4 Å². The number of alkyl halides is 1. The Morgan fingerprint density at radius 3 is 2.48 bits per heavy atom. The molecular weight excluding hydrogens is 408 g/mol. The van der Waals surface area contributed by atoms with E-state index in [1.165, 1.54) is 6.92 Å². The molecule has 3 rings (SSSR count). The van der Waals surface area contributed by atoms with Gasteiger partial charge in [-0.05, 0) is 44.4 Å². The Labute approximate surface area is 172 Å². The van der Waals surface area contributed by atoms with Crippen LogP contribution in [0.25, 0.3) is 0 Å². The van der Waals surface area contributed by atoms with E-state index in [-0.39, 0.29) is 45.2 Å². The van der Waals surface area contributed by atoms with Gasteiger partial charge in [-0.2, -0.15) is 0 Å². The van der Waals surface area contributed by atoms with Gasteiger partial charge in [-0.1, -0.05) is 42.8 Å². The molecule has 2 aliphatic carbocycles. The smallest absolute Gasteiger partial charge is 0.302 e. The molecule has 0 radical (unpaired) electrons. The summed E-state index contributed by atoms with van der Waals surface area (Å²) in [5, 5.41) is 11.4. The van der Waals surface area contributed by atoms with Crippen molar-refractivity contribution in [2.24, 2.45) is 22.7 Å². The van der Waals surface area contributed by atoms with E-state index in [2.05, 4.69) is 57.1 Å². The van der Waals surface area contributed by atoms with Crippen LogP contribution in [0.5, 0.6) is 0 Å². The van der Waals surface area contributed by atoms with Crippen molar-refractivity contribution >= 4 is 21.9 Å². The summed E-state index contributed by atoms with van der Waals surface area (Å²) in [6.45, 7) is 16.3. The molecule has 3 fully saturated rings. The minimum atomic E-state index is -0.517. The van der Waals surface area contributed by atoms with Crippen LogP contribution in [0.2, 0.25) is 0 Å². The summed E-state index contributed by atoms with van der Waals surface area (Å²) in [6, 6.07) is 0. The van der Waals surface area contributed by atoms with Crippen LogP contribution in [0.1, 0.15) is 67.2 Å². The summed E-state index contributed by atoms with van der Waals surface area (Å²) in [5.74, 6) is -0.0360. The topological polar surface area (TPSA) is 55.8 Å². The first-order chi connectivity index (χ1) is 12.3. The lowest BCUT2D eigenvalue weighted by atomic mass is 9.42. The molecule has 1 heterocycles. The molecule has 8 atom stereocenters. The summed E-state index contributed by atoms with van der Waals surface area (Å²) in [7, 11) is 0. The van der Waals surface area contributed by atoms with Gasteiger partial charge in [0.1, 0.15) is 6.10 Å². The van der Waals surface area contributed by atoms with Gasteiger partial charge in [0.25, 0.3) is 0 Å². The van der Waals surface area contributed by atoms with E-state index in [0.29, 0.717) is 6.42 Å². The number of halogens is 1. The molecule has 0 unspecified atom stereocenters. The van der Waals surface area contributed by atoms with Gasteiger partial charge in [-0.15, -0.1) is 6.58 Å². The van der Waals surface area contributed by atoms with Gasteiger partial charge in [0.05, 0.1) is 17.3 Å². The van der Waals surface area contributed by atoms with Gasteiger partial charge in [-0.3, -0.25) is 4.79 Å². The predicted molar refractivity (Wildman–Crippen MR) is 110 cm³/mol. The van der Waals surface area contributed by atoms with Crippen LogP contribution in [0, 0.1) is 22.7 Å². The third-order valence-electron chi connectivity index (χ3n) is 8.02. The molecular formula is C22H35BrO4. The third kappa shape index (κ3) is 3.12. The lowest BCUT2D eigenvalue weighted by molar-refractivity contribution is -0.297. The molecule has 0 aromatic rings. The molecule has 154 valence electrons. The maximum Gasteiger partial charge on any atom is 0.302 e. The standard InChI is InChI=1S/C22H35BrO4/c1-8-20(5)10-9-15-21(6,27-20)12-14(25)18-19(3,4)16(23)11-17(22(15,18)7)26-13(2)24/h8,14-18,25H,1,9-12H2,2-7H3/t14-,15+,16+,17-,18+,20-,21-,22+/m0/s1. The largest absolute Gasteiger partial charge is 0.462 e. The predicted octanol–water partition coefficient (Wildman–Crippen LogP) is 4.63. The average Bonchev–Trinajstić information content (AvgIpc) is 2.50. The van der Waals surface area contributed by atoms with Crippen molar-refractivity contribution in [3.05, 3.63) is 12.7 Å². The first-order valence-electron chi connectivity index (χ1n) is 10.1. The SMILES string of the molecule is C=C[C@@]1(C)CC[C@H]2[C@]3(C)[C@@H](OC(C)=O)C[C@@H](Br)C(C)(C)[C@H]3[C@@H](O)C[C@]2(C)O1. The Hall–Kier alpha value is -0.390. The summed E-state index contributed by atoms with van der Waals surface area (Å²) in [5.41, 5.74) is -1.33. The summed E-state index contributed by atoms with van der Waals surface area (Å²) in [6.07, 6.45) is 4.33. The van der Waals surface area contributed by atoms with Gasteiger partial charge in [-0.25, -0.2) is 0 Å². The van der Waals surface area contributed by atoms with E-state index in [4.69, 9.17) is 9.47 Å². The highest BCUT2D eigenvalue weighted by Gasteiger charge is 2.69. The van der Waals surface area contributed by atoms with Crippen LogP contribution < -0.4 is 0 Å². The van der Waals surface area contributed by atoms with Gasteiger partial charge in [0.2, 0.25) is 0 Å². The maximum atomic E-state index is 11.9. The Bertz CT molecular complexity index is 634. The van der Waals surface area contributed by atoms with Gasteiger partial charge >= 0.3 is 5.97 Å². The highest BCUT2D eigenvalue weighted by Crippen LogP contribution is 2.67. The van der Waals surface area contributed by atoms with Crippen LogP contribution >= 0.6 is 15.9 Å². The Morgan fingerprint density at radius 2 is 1.93 bits per heavy atom. The molecule has 5 heteroatoms. The van der Waals surface area contributed by atoms with Crippen LogP contribution in [-0.4, -0.2) is 39.3 Å². The van der Waals surface area contributed by atoms with Crippen LogP contribution in [-0.2, 0) is 14.3 Å².